The smallest absolute Gasteiger partial charge is 0.264 e. The zero-order valence-corrected chi connectivity index (χ0v) is 12.3. The maximum atomic E-state index is 13.6. The Morgan fingerprint density at radius 1 is 1.30 bits per heavy atom. The van der Waals surface area contributed by atoms with E-state index in [4.69, 9.17) is 10.7 Å². The van der Waals surface area contributed by atoms with Gasteiger partial charge in [0.15, 0.2) is 0 Å². The highest BCUT2D eigenvalue weighted by atomic mass is 35.7. The van der Waals surface area contributed by atoms with E-state index in [2.05, 4.69) is 5.10 Å². The van der Waals surface area contributed by atoms with Gasteiger partial charge in [-0.05, 0) is 19.9 Å². The average molecular weight is 321 g/mol. The number of aromatic nitrogens is 2. The molecule has 108 valence electrons. The summed E-state index contributed by atoms with van der Waals surface area (Å²) in [7, 11) is 1.42. The van der Waals surface area contributed by atoms with Gasteiger partial charge in [-0.1, -0.05) is 6.07 Å². The van der Waals surface area contributed by atoms with Crippen LogP contribution in [0, 0.1) is 25.5 Å². The van der Waals surface area contributed by atoms with Gasteiger partial charge < -0.3 is 0 Å². The largest absolute Gasteiger partial charge is 0.264 e. The summed E-state index contributed by atoms with van der Waals surface area (Å²) in [6, 6.07) is 3.18. The van der Waals surface area contributed by atoms with E-state index in [0.29, 0.717) is 5.69 Å². The van der Waals surface area contributed by atoms with Crippen LogP contribution in [0.25, 0.3) is 0 Å². The van der Waals surface area contributed by atoms with Crippen LogP contribution >= 0.6 is 10.7 Å². The summed E-state index contributed by atoms with van der Waals surface area (Å²) < 4.78 is 50.6. The molecule has 0 saturated carbocycles. The van der Waals surface area contributed by atoms with Crippen molar-refractivity contribution < 1.29 is 17.2 Å². The Hall–Kier alpha value is -1.47. The molecule has 0 aliphatic rings. The van der Waals surface area contributed by atoms with Crippen LogP contribution in [0.1, 0.15) is 17.0 Å². The lowest BCUT2D eigenvalue weighted by atomic mass is 10.2. The molecule has 20 heavy (non-hydrogen) atoms. The minimum absolute atomic E-state index is 0.00873. The second kappa shape index (κ2) is 5.14. The lowest BCUT2D eigenvalue weighted by molar-refractivity contribution is 0.554. The molecule has 0 atom stereocenters. The lowest BCUT2D eigenvalue weighted by Gasteiger charge is -2.06. The van der Waals surface area contributed by atoms with E-state index >= 15 is 0 Å². The van der Waals surface area contributed by atoms with Crippen molar-refractivity contribution in [3.8, 4) is 0 Å². The average Bonchev–Trinajstić information content (AvgIpc) is 2.57. The predicted octanol–water partition coefficient (Wildman–Crippen LogP) is 2.75. The highest BCUT2D eigenvalue weighted by molar-refractivity contribution is 8.13. The van der Waals surface area contributed by atoms with Crippen LogP contribution in [0.3, 0.4) is 0 Å². The Labute approximate surface area is 119 Å². The van der Waals surface area contributed by atoms with Gasteiger partial charge in [-0.25, -0.2) is 17.2 Å². The second-order valence-corrected chi connectivity index (χ2v) is 6.83. The zero-order valence-electron chi connectivity index (χ0n) is 10.7. The monoisotopic (exact) mass is 320 g/mol. The van der Waals surface area contributed by atoms with Gasteiger partial charge in [0.2, 0.25) is 0 Å². The van der Waals surface area contributed by atoms with Gasteiger partial charge in [0.1, 0.15) is 16.5 Å². The molecule has 0 spiro atoms. The fourth-order valence-electron chi connectivity index (χ4n) is 2.00. The van der Waals surface area contributed by atoms with Crippen LogP contribution in [0.15, 0.2) is 23.1 Å². The maximum absolute atomic E-state index is 13.6. The van der Waals surface area contributed by atoms with Gasteiger partial charge in [0.05, 0.1) is 17.9 Å². The van der Waals surface area contributed by atoms with E-state index < -0.39 is 20.7 Å². The molecule has 0 bridgehead atoms. The number of benzene rings is 1. The normalized spacial score (nSPS) is 11.8. The van der Waals surface area contributed by atoms with Crippen LogP contribution in [0.5, 0.6) is 0 Å². The van der Waals surface area contributed by atoms with E-state index in [1.54, 1.807) is 0 Å². The lowest BCUT2D eigenvalue weighted by Crippen LogP contribution is -2.06. The molecule has 0 fully saturated rings. The number of hydrogen-bond donors (Lipinski definition) is 0. The zero-order chi connectivity index (χ0) is 15.1. The highest BCUT2D eigenvalue weighted by Gasteiger charge is 2.22. The first-order valence-electron chi connectivity index (χ1n) is 5.62. The molecule has 0 saturated heterocycles. The first kappa shape index (κ1) is 14.9. The maximum Gasteiger partial charge on any atom is 0.264 e. The van der Waals surface area contributed by atoms with Crippen molar-refractivity contribution in [3.05, 3.63) is 46.8 Å². The summed E-state index contributed by atoms with van der Waals surface area (Å²) in [6.07, 6.45) is 0. The van der Waals surface area contributed by atoms with Crippen molar-refractivity contribution in [1.29, 1.82) is 0 Å². The van der Waals surface area contributed by atoms with Crippen LogP contribution in [0.2, 0.25) is 0 Å². The summed E-state index contributed by atoms with van der Waals surface area (Å²) in [5.74, 6) is -1.39. The Morgan fingerprint density at radius 2 is 1.95 bits per heavy atom. The Balaban J connectivity index is 2.46. The van der Waals surface area contributed by atoms with Crippen molar-refractivity contribution in [2.45, 2.75) is 25.3 Å². The number of hydrogen-bond acceptors (Lipinski definition) is 3. The van der Waals surface area contributed by atoms with Crippen molar-refractivity contribution in [3.63, 3.8) is 0 Å². The Kier molecular flexibility index (Phi) is 3.84. The number of aryl methyl sites for hydroxylation is 1. The molecule has 0 radical (unpaired) electrons. The standard InChI is InChI=1S/C12H11ClF2N2O2S/c1-7-12(20(13,18)19)8(2)17(16-7)6-9-3-4-10(14)5-11(9)15/h3-5H,6H2,1-2H3. The fraction of sp³-hybridized carbons (Fsp3) is 0.250. The highest BCUT2D eigenvalue weighted by Crippen LogP contribution is 2.24. The quantitative estimate of drug-likeness (QED) is 0.817. The molecule has 1 aromatic carbocycles. The minimum Gasteiger partial charge on any atom is -0.264 e. The van der Waals surface area contributed by atoms with Gasteiger partial charge >= 0.3 is 0 Å². The van der Waals surface area contributed by atoms with Crippen LogP contribution in [0.4, 0.5) is 8.78 Å². The van der Waals surface area contributed by atoms with Crippen LogP contribution < -0.4 is 0 Å². The van der Waals surface area contributed by atoms with E-state index in [1.165, 1.54) is 24.6 Å². The summed E-state index contributed by atoms with van der Waals surface area (Å²) in [6.45, 7) is 3.02. The number of rotatable bonds is 3. The molecule has 2 aromatic rings. The van der Waals surface area contributed by atoms with Crippen molar-refractivity contribution in [1.82, 2.24) is 9.78 Å². The van der Waals surface area contributed by atoms with Gasteiger partial charge in [-0.2, -0.15) is 5.10 Å². The molecule has 4 nitrogen and oxygen atoms in total. The van der Waals surface area contributed by atoms with E-state index in [9.17, 15) is 17.2 Å². The van der Waals surface area contributed by atoms with E-state index in [1.807, 2.05) is 0 Å². The van der Waals surface area contributed by atoms with E-state index in [-0.39, 0.29) is 22.7 Å². The topological polar surface area (TPSA) is 52.0 Å². The third-order valence-corrected chi connectivity index (χ3v) is 4.44. The Bertz CT molecular complexity index is 772. The molecule has 0 aliphatic carbocycles. The summed E-state index contributed by atoms with van der Waals surface area (Å²) in [4.78, 5) is -0.0818. The van der Waals surface area contributed by atoms with Gasteiger partial charge in [0, 0.05) is 22.3 Å². The van der Waals surface area contributed by atoms with Crippen molar-refractivity contribution in [2.75, 3.05) is 0 Å². The molecule has 1 aromatic heterocycles. The Morgan fingerprint density at radius 3 is 2.45 bits per heavy atom. The molecule has 2 rings (SSSR count). The molecule has 0 unspecified atom stereocenters. The third kappa shape index (κ3) is 2.83. The first-order valence-corrected chi connectivity index (χ1v) is 7.93. The third-order valence-electron chi connectivity index (χ3n) is 2.89. The fourth-order valence-corrected chi connectivity index (χ4v) is 3.52. The van der Waals surface area contributed by atoms with E-state index in [0.717, 1.165) is 12.1 Å². The summed E-state index contributed by atoms with van der Waals surface area (Å²) in [5, 5.41) is 4.03. The van der Waals surface area contributed by atoms with Gasteiger partial charge in [-0.3, -0.25) is 4.68 Å². The van der Waals surface area contributed by atoms with Crippen molar-refractivity contribution in [2.24, 2.45) is 0 Å². The minimum atomic E-state index is -3.92. The molecular weight excluding hydrogens is 310 g/mol. The number of nitrogens with zero attached hydrogens (tertiary/aromatic N) is 2. The van der Waals surface area contributed by atoms with Crippen molar-refractivity contribution >= 4 is 19.7 Å². The second-order valence-electron chi connectivity index (χ2n) is 4.33. The number of halogens is 3. The molecule has 0 N–H and O–H groups in total. The van der Waals surface area contributed by atoms with Gasteiger partial charge in [0.25, 0.3) is 9.05 Å². The predicted molar refractivity (Wildman–Crippen MR) is 70.2 cm³/mol. The van der Waals surface area contributed by atoms with Gasteiger partial charge in [-0.15, -0.1) is 0 Å². The van der Waals surface area contributed by atoms with Crippen LogP contribution in [-0.4, -0.2) is 18.2 Å². The molecule has 1 heterocycles. The SMILES string of the molecule is Cc1nn(Cc2ccc(F)cc2F)c(C)c1S(=O)(=O)Cl. The molecule has 0 amide bonds. The first-order chi connectivity index (χ1) is 9.20. The molecule has 8 heteroatoms. The van der Waals surface area contributed by atoms with Crippen LogP contribution in [-0.2, 0) is 15.6 Å². The summed E-state index contributed by atoms with van der Waals surface area (Å²) >= 11 is 0. The summed E-state index contributed by atoms with van der Waals surface area (Å²) in [5.41, 5.74) is 0.747. The molecule has 0 aliphatic heterocycles. The molecular formula is C12H11ClF2N2O2S.